The standard InChI is InChI=1S/C14H18BrClN4O/c1-21-7-6-20-14(12(15)9-18-20)13(19-17)8-10-2-4-11(16)5-3-10/h2-5,9,13,19H,6-8,17H2,1H3. The van der Waals surface area contributed by atoms with Crippen LogP contribution in [0, 0.1) is 0 Å². The summed E-state index contributed by atoms with van der Waals surface area (Å²) in [4.78, 5) is 0. The summed E-state index contributed by atoms with van der Waals surface area (Å²) in [6.45, 7) is 1.27. The molecule has 114 valence electrons. The van der Waals surface area contributed by atoms with Crippen molar-refractivity contribution < 1.29 is 4.74 Å². The maximum Gasteiger partial charge on any atom is 0.0713 e. The Morgan fingerprint density at radius 3 is 2.76 bits per heavy atom. The van der Waals surface area contributed by atoms with Crippen molar-refractivity contribution in [2.45, 2.75) is 19.0 Å². The van der Waals surface area contributed by atoms with Crippen LogP contribution in [0.5, 0.6) is 0 Å². The van der Waals surface area contributed by atoms with E-state index in [-0.39, 0.29) is 6.04 Å². The van der Waals surface area contributed by atoms with Crippen molar-refractivity contribution in [3.8, 4) is 0 Å². The fourth-order valence-corrected chi connectivity index (χ4v) is 2.86. The SMILES string of the molecule is COCCn1ncc(Br)c1C(Cc1ccc(Cl)cc1)NN. The first-order chi connectivity index (χ1) is 10.2. The molecule has 1 atom stereocenters. The first-order valence-corrected chi connectivity index (χ1v) is 7.73. The van der Waals surface area contributed by atoms with Gasteiger partial charge in [0.25, 0.3) is 0 Å². The van der Waals surface area contributed by atoms with E-state index >= 15 is 0 Å². The molecule has 7 heteroatoms. The predicted molar refractivity (Wildman–Crippen MR) is 87.0 cm³/mol. The number of halogens is 2. The highest BCUT2D eigenvalue weighted by Crippen LogP contribution is 2.26. The van der Waals surface area contributed by atoms with Gasteiger partial charge in [0.05, 0.1) is 35.6 Å². The van der Waals surface area contributed by atoms with Crippen LogP contribution in [0.1, 0.15) is 17.3 Å². The molecular weight excluding hydrogens is 356 g/mol. The Labute approximate surface area is 137 Å². The normalized spacial score (nSPS) is 12.6. The van der Waals surface area contributed by atoms with Gasteiger partial charge in [-0.1, -0.05) is 23.7 Å². The van der Waals surface area contributed by atoms with Gasteiger partial charge in [-0.25, -0.2) is 0 Å². The fraction of sp³-hybridized carbons (Fsp3) is 0.357. The van der Waals surface area contributed by atoms with Crippen LogP contribution in [0.25, 0.3) is 0 Å². The smallest absolute Gasteiger partial charge is 0.0713 e. The summed E-state index contributed by atoms with van der Waals surface area (Å²) in [5.74, 6) is 5.74. The van der Waals surface area contributed by atoms with Crippen molar-refractivity contribution >= 4 is 27.5 Å². The lowest BCUT2D eigenvalue weighted by molar-refractivity contribution is 0.181. The van der Waals surface area contributed by atoms with E-state index in [2.05, 4.69) is 26.5 Å². The summed E-state index contributed by atoms with van der Waals surface area (Å²) < 4.78 is 7.94. The van der Waals surface area contributed by atoms with Gasteiger partial charge in [0.1, 0.15) is 0 Å². The van der Waals surface area contributed by atoms with Gasteiger partial charge in [-0.05, 0) is 40.0 Å². The van der Waals surface area contributed by atoms with Crippen LogP contribution in [-0.2, 0) is 17.7 Å². The van der Waals surface area contributed by atoms with Crippen LogP contribution in [-0.4, -0.2) is 23.5 Å². The second-order valence-electron chi connectivity index (χ2n) is 4.64. The molecule has 1 aromatic carbocycles. The van der Waals surface area contributed by atoms with Crippen molar-refractivity contribution in [2.75, 3.05) is 13.7 Å². The highest BCUT2D eigenvalue weighted by atomic mass is 79.9. The molecule has 0 aliphatic heterocycles. The molecule has 0 aliphatic carbocycles. The molecule has 3 N–H and O–H groups in total. The van der Waals surface area contributed by atoms with E-state index < -0.39 is 0 Å². The average Bonchev–Trinajstić information content (AvgIpc) is 2.85. The number of benzene rings is 1. The van der Waals surface area contributed by atoms with Gasteiger partial charge in [-0.3, -0.25) is 16.0 Å². The van der Waals surface area contributed by atoms with Crippen molar-refractivity contribution in [2.24, 2.45) is 5.84 Å². The van der Waals surface area contributed by atoms with Gasteiger partial charge in [0, 0.05) is 12.1 Å². The molecule has 1 unspecified atom stereocenters. The summed E-state index contributed by atoms with van der Waals surface area (Å²) in [5, 5.41) is 5.08. The summed E-state index contributed by atoms with van der Waals surface area (Å²) in [6.07, 6.45) is 2.52. The minimum atomic E-state index is -0.0556. The van der Waals surface area contributed by atoms with Crippen LogP contribution >= 0.6 is 27.5 Å². The number of methoxy groups -OCH3 is 1. The predicted octanol–water partition coefficient (Wildman–Crippen LogP) is 2.69. The van der Waals surface area contributed by atoms with E-state index in [0.29, 0.717) is 13.2 Å². The monoisotopic (exact) mass is 372 g/mol. The summed E-state index contributed by atoms with van der Waals surface area (Å²) in [6, 6.07) is 7.69. The molecule has 1 aromatic heterocycles. The van der Waals surface area contributed by atoms with Gasteiger partial charge in [-0.15, -0.1) is 0 Å². The van der Waals surface area contributed by atoms with Crippen LogP contribution < -0.4 is 11.3 Å². The first kappa shape index (κ1) is 16.5. The Morgan fingerprint density at radius 2 is 2.14 bits per heavy atom. The van der Waals surface area contributed by atoms with Gasteiger partial charge >= 0.3 is 0 Å². The number of nitrogens with one attached hydrogen (secondary N) is 1. The number of nitrogens with zero attached hydrogens (tertiary/aromatic N) is 2. The van der Waals surface area contributed by atoms with E-state index in [1.807, 2.05) is 28.9 Å². The zero-order valence-electron chi connectivity index (χ0n) is 11.7. The zero-order chi connectivity index (χ0) is 15.2. The molecule has 0 fully saturated rings. The second-order valence-corrected chi connectivity index (χ2v) is 5.93. The van der Waals surface area contributed by atoms with Crippen molar-refractivity contribution in [3.63, 3.8) is 0 Å². The molecule has 0 spiro atoms. The number of aromatic nitrogens is 2. The van der Waals surface area contributed by atoms with Crippen LogP contribution in [0.2, 0.25) is 5.02 Å². The number of hydrazine groups is 1. The first-order valence-electron chi connectivity index (χ1n) is 6.56. The lowest BCUT2D eigenvalue weighted by Gasteiger charge is -2.18. The number of rotatable bonds is 7. The van der Waals surface area contributed by atoms with Gasteiger partial charge in [-0.2, -0.15) is 5.10 Å². The summed E-state index contributed by atoms with van der Waals surface area (Å²) in [7, 11) is 1.67. The average molecular weight is 374 g/mol. The molecular formula is C14H18BrClN4O. The van der Waals surface area contributed by atoms with E-state index in [4.69, 9.17) is 22.2 Å². The molecule has 1 heterocycles. The third-order valence-electron chi connectivity index (χ3n) is 3.22. The van der Waals surface area contributed by atoms with Crippen LogP contribution in [0.4, 0.5) is 0 Å². The third kappa shape index (κ3) is 4.28. The van der Waals surface area contributed by atoms with Crippen LogP contribution in [0.15, 0.2) is 34.9 Å². The van der Waals surface area contributed by atoms with Crippen molar-refractivity contribution in [1.82, 2.24) is 15.2 Å². The second kappa shape index (κ2) is 7.91. The highest BCUT2D eigenvalue weighted by Gasteiger charge is 2.19. The van der Waals surface area contributed by atoms with E-state index in [0.717, 1.165) is 27.2 Å². The molecule has 2 rings (SSSR count). The quantitative estimate of drug-likeness (QED) is 0.578. The van der Waals surface area contributed by atoms with E-state index in [1.54, 1.807) is 13.3 Å². The summed E-state index contributed by atoms with van der Waals surface area (Å²) >= 11 is 9.45. The molecule has 5 nitrogen and oxygen atoms in total. The van der Waals surface area contributed by atoms with E-state index in [9.17, 15) is 0 Å². The number of nitrogens with two attached hydrogens (primary N) is 1. The Hall–Kier alpha value is -0.920. The van der Waals surface area contributed by atoms with Crippen molar-refractivity contribution in [1.29, 1.82) is 0 Å². The molecule has 21 heavy (non-hydrogen) atoms. The molecule has 0 aliphatic rings. The third-order valence-corrected chi connectivity index (χ3v) is 4.09. The number of ether oxygens (including phenoxy) is 1. The molecule has 0 saturated heterocycles. The van der Waals surface area contributed by atoms with Gasteiger partial charge in [0.15, 0.2) is 0 Å². The number of hydrogen-bond donors (Lipinski definition) is 2. The Balaban J connectivity index is 2.20. The summed E-state index contributed by atoms with van der Waals surface area (Å²) in [5.41, 5.74) is 5.01. The maximum atomic E-state index is 5.91. The largest absolute Gasteiger partial charge is 0.383 e. The minimum absolute atomic E-state index is 0.0556. The minimum Gasteiger partial charge on any atom is -0.383 e. The fourth-order valence-electron chi connectivity index (χ4n) is 2.17. The maximum absolute atomic E-state index is 5.91. The van der Waals surface area contributed by atoms with E-state index in [1.165, 1.54) is 0 Å². The lowest BCUT2D eigenvalue weighted by Crippen LogP contribution is -2.32. The topological polar surface area (TPSA) is 65.1 Å². The zero-order valence-corrected chi connectivity index (χ0v) is 14.1. The van der Waals surface area contributed by atoms with Crippen LogP contribution in [0.3, 0.4) is 0 Å². The molecule has 2 aromatic rings. The molecule has 0 bridgehead atoms. The lowest BCUT2D eigenvalue weighted by atomic mass is 10.0. The number of hydrogen-bond acceptors (Lipinski definition) is 4. The van der Waals surface area contributed by atoms with Gasteiger partial charge in [0.2, 0.25) is 0 Å². The molecule has 0 radical (unpaired) electrons. The van der Waals surface area contributed by atoms with Crippen molar-refractivity contribution in [3.05, 3.63) is 51.2 Å². The Morgan fingerprint density at radius 1 is 1.43 bits per heavy atom. The highest BCUT2D eigenvalue weighted by molar-refractivity contribution is 9.10. The molecule has 0 amide bonds. The Bertz CT molecular complexity index is 573. The molecule has 0 saturated carbocycles. The van der Waals surface area contributed by atoms with Gasteiger partial charge < -0.3 is 4.74 Å². The Kier molecular flexibility index (Phi) is 6.20.